The second-order valence-corrected chi connectivity index (χ2v) is 8.74. The Labute approximate surface area is 165 Å². The van der Waals surface area contributed by atoms with E-state index in [2.05, 4.69) is 24.9 Å². The highest BCUT2D eigenvalue weighted by atomic mass is 32.2. The monoisotopic (exact) mass is 403 g/mol. The molecule has 0 unspecified atom stereocenters. The third kappa shape index (κ3) is 4.66. The van der Waals surface area contributed by atoms with Crippen molar-refractivity contribution in [3.63, 3.8) is 0 Å². The zero-order chi connectivity index (χ0) is 20.1. The molecule has 0 atom stereocenters. The van der Waals surface area contributed by atoms with Crippen LogP contribution in [-0.4, -0.2) is 44.4 Å². The van der Waals surface area contributed by atoms with Crippen LogP contribution in [-0.2, 0) is 10.0 Å². The lowest BCUT2D eigenvalue weighted by Gasteiger charge is -2.32. The molecule has 0 radical (unpaired) electrons. The Morgan fingerprint density at radius 3 is 2.43 bits per heavy atom. The first kappa shape index (κ1) is 20.2. The molecule has 1 fully saturated rings. The summed E-state index contributed by atoms with van der Waals surface area (Å²) in [5, 5.41) is 2.74. The van der Waals surface area contributed by atoms with Crippen molar-refractivity contribution in [3.05, 3.63) is 42.4 Å². The van der Waals surface area contributed by atoms with Crippen LogP contribution in [0, 0.1) is 0 Å². The Kier molecular flexibility index (Phi) is 6.25. The van der Waals surface area contributed by atoms with E-state index in [-0.39, 0.29) is 16.5 Å². The van der Waals surface area contributed by atoms with Gasteiger partial charge in [-0.05, 0) is 44.2 Å². The Balaban J connectivity index is 1.71. The first-order valence-corrected chi connectivity index (χ1v) is 10.8. The van der Waals surface area contributed by atoms with Crippen molar-refractivity contribution in [1.29, 1.82) is 0 Å². The van der Waals surface area contributed by atoms with Gasteiger partial charge in [0.15, 0.2) is 0 Å². The van der Waals surface area contributed by atoms with Crippen LogP contribution in [0.15, 0.2) is 41.6 Å². The van der Waals surface area contributed by atoms with Crippen molar-refractivity contribution in [2.45, 2.75) is 43.0 Å². The van der Waals surface area contributed by atoms with Gasteiger partial charge >= 0.3 is 0 Å². The molecule has 0 spiro atoms. The molecule has 8 nitrogen and oxygen atoms in total. The number of aromatic nitrogens is 2. The summed E-state index contributed by atoms with van der Waals surface area (Å²) in [5.41, 5.74) is 0.750. The molecule has 1 aromatic heterocycles. The van der Waals surface area contributed by atoms with E-state index in [1.807, 2.05) is 7.05 Å². The van der Waals surface area contributed by atoms with Crippen LogP contribution in [0.5, 0.6) is 0 Å². The molecule has 1 amide bonds. The van der Waals surface area contributed by atoms with E-state index in [4.69, 9.17) is 0 Å². The standard InChI is InChI=1S/C19H25N5O3S/c1-20-28(26,27)16-10-8-14(9-11-16)23-19(25)17-12-18(22-13-21-17)24(2)15-6-4-3-5-7-15/h8-13,15,20H,3-7H2,1-2H3,(H,23,25). The van der Waals surface area contributed by atoms with E-state index in [1.54, 1.807) is 18.2 Å². The molecule has 3 rings (SSSR count). The molecule has 0 saturated heterocycles. The Bertz CT molecular complexity index is 925. The second-order valence-electron chi connectivity index (χ2n) is 6.85. The molecule has 9 heteroatoms. The zero-order valence-corrected chi connectivity index (χ0v) is 16.9. The summed E-state index contributed by atoms with van der Waals surface area (Å²) >= 11 is 0. The van der Waals surface area contributed by atoms with E-state index in [9.17, 15) is 13.2 Å². The van der Waals surface area contributed by atoms with E-state index >= 15 is 0 Å². The molecule has 2 N–H and O–H groups in total. The Hall–Kier alpha value is -2.52. The number of nitrogens with one attached hydrogen (secondary N) is 2. The van der Waals surface area contributed by atoms with Crippen molar-refractivity contribution in [1.82, 2.24) is 14.7 Å². The van der Waals surface area contributed by atoms with Gasteiger partial charge in [0, 0.05) is 24.8 Å². The van der Waals surface area contributed by atoms with Crippen LogP contribution >= 0.6 is 0 Å². The first-order chi connectivity index (χ1) is 13.4. The van der Waals surface area contributed by atoms with Gasteiger partial charge in [-0.1, -0.05) is 19.3 Å². The maximum absolute atomic E-state index is 12.6. The predicted molar refractivity (Wildman–Crippen MR) is 108 cm³/mol. The molecule has 1 aromatic carbocycles. The van der Waals surface area contributed by atoms with Crippen molar-refractivity contribution >= 4 is 27.4 Å². The van der Waals surface area contributed by atoms with Gasteiger partial charge in [0.1, 0.15) is 17.8 Å². The van der Waals surface area contributed by atoms with Crippen molar-refractivity contribution in [2.24, 2.45) is 0 Å². The average Bonchev–Trinajstić information content (AvgIpc) is 2.74. The number of carbonyl (C=O) groups is 1. The van der Waals surface area contributed by atoms with Gasteiger partial charge in [-0.3, -0.25) is 4.79 Å². The van der Waals surface area contributed by atoms with E-state index in [1.165, 1.54) is 44.8 Å². The minimum atomic E-state index is -3.51. The number of sulfonamides is 1. The van der Waals surface area contributed by atoms with Crippen LogP contribution in [0.4, 0.5) is 11.5 Å². The molecular weight excluding hydrogens is 378 g/mol. The zero-order valence-electron chi connectivity index (χ0n) is 16.1. The number of benzene rings is 1. The smallest absolute Gasteiger partial charge is 0.274 e. The van der Waals surface area contributed by atoms with Gasteiger partial charge in [0.05, 0.1) is 4.90 Å². The van der Waals surface area contributed by atoms with Gasteiger partial charge < -0.3 is 10.2 Å². The van der Waals surface area contributed by atoms with E-state index in [0.717, 1.165) is 18.7 Å². The normalized spacial score (nSPS) is 15.2. The number of anilines is 2. The van der Waals surface area contributed by atoms with Crippen LogP contribution in [0.3, 0.4) is 0 Å². The van der Waals surface area contributed by atoms with Crippen LogP contribution in [0.2, 0.25) is 0 Å². The summed E-state index contributed by atoms with van der Waals surface area (Å²) in [5.74, 6) is 0.354. The van der Waals surface area contributed by atoms with E-state index in [0.29, 0.717) is 11.7 Å². The summed E-state index contributed by atoms with van der Waals surface area (Å²) in [4.78, 5) is 23.2. The highest BCUT2D eigenvalue weighted by Crippen LogP contribution is 2.25. The lowest BCUT2D eigenvalue weighted by Crippen LogP contribution is -2.34. The number of amides is 1. The van der Waals surface area contributed by atoms with Crippen LogP contribution < -0.4 is 14.9 Å². The SMILES string of the molecule is CNS(=O)(=O)c1ccc(NC(=O)c2cc(N(C)C3CCCCC3)ncn2)cc1. The molecule has 2 aromatic rings. The molecule has 1 aliphatic rings. The molecule has 1 aliphatic carbocycles. The number of hydrogen-bond donors (Lipinski definition) is 2. The van der Waals surface area contributed by atoms with Crippen LogP contribution in [0.25, 0.3) is 0 Å². The number of rotatable bonds is 6. The largest absolute Gasteiger partial charge is 0.357 e. The maximum atomic E-state index is 12.6. The molecular formula is C19H25N5O3S. The molecule has 0 bridgehead atoms. The van der Waals surface area contributed by atoms with Crippen molar-refractivity contribution in [2.75, 3.05) is 24.3 Å². The van der Waals surface area contributed by atoms with Gasteiger partial charge in [0.2, 0.25) is 10.0 Å². The third-order valence-corrected chi connectivity index (χ3v) is 6.49. The topological polar surface area (TPSA) is 104 Å². The minimum absolute atomic E-state index is 0.131. The lowest BCUT2D eigenvalue weighted by molar-refractivity contribution is 0.102. The number of nitrogens with zero attached hydrogens (tertiary/aromatic N) is 3. The van der Waals surface area contributed by atoms with Gasteiger partial charge in [-0.25, -0.2) is 23.1 Å². The summed E-state index contributed by atoms with van der Waals surface area (Å²) in [6.45, 7) is 0. The molecule has 0 aliphatic heterocycles. The highest BCUT2D eigenvalue weighted by molar-refractivity contribution is 7.89. The lowest BCUT2D eigenvalue weighted by atomic mass is 9.94. The van der Waals surface area contributed by atoms with Crippen LogP contribution in [0.1, 0.15) is 42.6 Å². The number of carbonyl (C=O) groups excluding carboxylic acids is 1. The highest BCUT2D eigenvalue weighted by Gasteiger charge is 2.20. The van der Waals surface area contributed by atoms with Gasteiger partial charge in [-0.2, -0.15) is 0 Å². The van der Waals surface area contributed by atoms with Gasteiger partial charge in [0.25, 0.3) is 5.91 Å². The third-order valence-electron chi connectivity index (χ3n) is 5.06. The summed E-state index contributed by atoms with van der Waals surface area (Å²) in [7, 11) is -0.160. The second kappa shape index (κ2) is 8.66. The first-order valence-electron chi connectivity index (χ1n) is 9.30. The number of hydrogen-bond acceptors (Lipinski definition) is 6. The Morgan fingerprint density at radius 1 is 1.11 bits per heavy atom. The molecule has 28 heavy (non-hydrogen) atoms. The summed E-state index contributed by atoms with van der Waals surface area (Å²) < 4.78 is 25.8. The summed E-state index contributed by atoms with van der Waals surface area (Å²) in [6.07, 6.45) is 7.36. The van der Waals surface area contributed by atoms with Gasteiger partial charge in [-0.15, -0.1) is 0 Å². The average molecular weight is 404 g/mol. The fraction of sp³-hybridized carbons (Fsp3) is 0.421. The summed E-state index contributed by atoms with van der Waals surface area (Å²) in [6, 6.07) is 8.06. The van der Waals surface area contributed by atoms with Crippen molar-refractivity contribution in [3.8, 4) is 0 Å². The predicted octanol–water partition coefficient (Wildman–Crippen LogP) is 2.41. The Morgan fingerprint density at radius 2 is 1.79 bits per heavy atom. The molecule has 1 saturated carbocycles. The van der Waals surface area contributed by atoms with Crippen molar-refractivity contribution < 1.29 is 13.2 Å². The quantitative estimate of drug-likeness (QED) is 0.768. The minimum Gasteiger partial charge on any atom is -0.357 e. The molecule has 150 valence electrons. The molecule has 1 heterocycles. The fourth-order valence-electron chi connectivity index (χ4n) is 3.35. The fourth-order valence-corrected chi connectivity index (χ4v) is 4.08. The van der Waals surface area contributed by atoms with E-state index < -0.39 is 10.0 Å². The maximum Gasteiger partial charge on any atom is 0.274 e.